The summed E-state index contributed by atoms with van der Waals surface area (Å²) in [6.07, 6.45) is -0.439. The highest BCUT2D eigenvalue weighted by Gasteiger charge is 2.13. The summed E-state index contributed by atoms with van der Waals surface area (Å²) in [4.78, 5) is 13.3. The lowest BCUT2D eigenvalue weighted by atomic mass is 10.3. The Morgan fingerprint density at radius 1 is 1.50 bits per heavy atom. The van der Waals surface area contributed by atoms with Crippen LogP contribution in [0.25, 0.3) is 0 Å². The summed E-state index contributed by atoms with van der Waals surface area (Å²) in [7, 11) is 3.14. The molecule has 1 unspecified atom stereocenters. The fourth-order valence-electron chi connectivity index (χ4n) is 1.67. The van der Waals surface area contributed by atoms with Gasteiger partial charge in [0.15, 0.2) is 0 Å². The van der Waals surface area contributed by atoms with Crippen LogP contribution < -0.4 is 4.74 Å². The van der Waals surface area contributed by atoms with Crippen LogP contribution in [0.4, 0.5) is 0 Å². The van der Waals surface area contributed by atoms with E-state index < -0.39 is 6.10 Å². The molecule has 1 N–H and O–H groups in total. The molecule has 0 fully saturated rings. The number of nitrogens with zero attached hydrogens (tertiary/aromatic N) is 1. The Labute approximate surface area is 124 Å². The van der Waals surface area contributed by atoms with Crippen LogP contribution in [0.2, 0.25) is 5.02 Å². The maximum atomic E-state index is 11.8. The number of carbonyl (C=O) groups excluding carboxylic acids is 1. The standard InChI is InChI=1S/C14H20ClNO4/c1-16(9-12(17)10-19-2)14(18)6-7-20-13-5-3-4-11(15)8-13/h3-5,8,12,17H,6-7,9-10H2,1-2H3. The van der Waals surface area contributed by atoms with Gasteiger partial charge in [-0.25, -0.2) is 0 Å². The van der Waals surface area contributed by atoms with Gasteiger partial charge in [-0.1, -0.05) is 17.7 Å². The molecule has 5 nitrogen and oxygen atoms in total. The highest BCUT2D eigenvalue weighted by Crippen LogP contribution is 2.17. The van der Waals surface area contributed by atoms with E-state index in [9.17, 15) is 9.90 Å². The third kappa shape index (κ3) is 6.23. The summed E-state index contributed by atoms with van der Waals surface area (Å²) in [5.41, 5.74) is 0. The molecule has 0 saturated heterocycles. The van der Waals surface area contributed by atoms with Gasteiger partial charge in [0.25, 0.3) is 0 Å². The first-order chi connectivity index (χ1) is 9.52. The van der Waals surface area contributed by atoms with Crippen molar-refractivity contribution in [3.8, 4) is 5.75 Å². The number of aliphatic hydroxyl groups excluding tert-OH is 1. The number of aliphatic hydroxyl groups is 1. The summed E-state index contributed by atoms with van der Waals surface area (Å²) in [6.45, 7) is 0.713. The number of benzene rings is 1. The van der Waals surface area contributed by atoms with E-state index in [-0.39, 0.29) is 32.1 Å². The number of halogens is 1. The molecule has 0 saturated carbocycles. The van der Waals surface area contributed by atoms with Crippen LogP contribution in [0.1, 0.15) is 6.42 Å². The highest BCUT2D eigenvalue weighted by atomic mass is 35.5. The Hall–Kier alpha value is -1.30. The molecule has 6 heteroatoms. The van der Waals surface area contributed by atoms with Crippen molar-refractivity contribution in [2.45, 2.75) is 12.5 Å². The van der Waals surface area contributed by atoms with Crippen molar-refractivity contribution in [3.63, 3.8) is 0 Å². The normalized spacial score (nSPS) is 12.0. The number of likely N-dealkylation sites (N-methyl/N-ethyl adjacent to an activating group) is 1. The maximum Gasteiger partial charge on any atom is 0.225 e. The van der Waals surface area contributed by atoms with Gasteiger partial charge in [0.2, 0.25) is 5.91 Å². The Kier molecular flexibility index (Phi) is 7.36. The molecule has 112 valence electrons. The van der Waals surface area contributed by atoms with E-state index in [4.69, 9.17) is 21.1 Å². The van der Waals surface area contributed by atoms with Crippen LogP contribution in [-0.4, -0.2) is 55.9 Å². The summed E-state index contributed by atoms with van der Waals surface area (Å²) in [6, 6.07) is 7.01. The molecule has 1 atom stereocenters. The molecular weight excluding hydrogens is 282 g/mol. The van der Waals surface area contributed by atoms with Crippen molar-refractivity contribution in [1.82, 2.24) is 4.90 Å². The topological polar surface area (TPSA) is 59.0 Å². The second-order valence-corrected chi connectivity index (χ2v) is 4.88. The lowest BCUT2D eigenvalue weighted by Gasteiger charge is -2.20. The van der Waals surface area contributed by atoms with Crippen molar-refractivity contribution in [3.05, 3.63) is 29.3 Å². The molecule has 0 aliphatic rings. The Morgan fingerprint density at radius 3 is 2.90 bits per heavy atom. The average Bonchev–Trinajstić information content (AvgIpc) is 2.38. The molecular formula is C14H20ClNO4. The zero-order chi connectivity index (χ0) is 15.0. The minimum absolute atomic E-state index is 0.0952. The van der Waals surface area contributed by atoms with E-state index in [1.165, 1.54) is 12.0 Å². The largest absolute Gasteiger partial charge is 0.493 e. The van der Waals surface area contributed by atoms with Crippen LogP contribution in [0.15, 0.2) is 24.3 Å². The van der Waals surface area contributed by atoms with Gasteiger partial charge in [-0.15, -0.1) is 0 Å². The number of hydrogen-bond acceptors (Lipinski definition) is 4. The number of ether oxygens (including phenoxy) is 2. The molecule has 1 amide bonds. The summed E-state index contributed by atoms with van der Waals surface area (Å²) >= 11 is 5.83. The number of carbonyl (C=O) groups is 1. The van der Waals surface area contributed by atoms with Gasteiger partial charge in [0.05, 0.1) is 25.7 Å². The van der Waals surface area contributed by atoms with Crippen molar-refractivity contribution in [2.24, 2.45) is 0 Å². The van der Waals surface area contributed by atoms with E-state index in [1.54, 1.807) is 31.3 Å². The summed E-state index contributed by atoms with van der Waals surface area (Å²) < 4.78 is 10.3. The van der Waals surface area contributed by atoms with Crippen molar-refractivity contribution >= 4 is 17.5 Å². The predicted molar refractivity (Wildman–Crippen MR) is 77.1 cm³/mol. The first kappa shape index (κ1) is 16.8. The van der Waals surface area contributed by atoms with Crippen molar-refractivity contribution < 1.29 is 19.4 Å². The molecule has 1 aromatic carbocycles. The van der Waals surface area contributed by atoms with Crippen molar-refractivity contribution in [2.75, 3.05) is 33.9 Å². The number of hydrogen-bond donors (Lipinski definition) is 1. The molecule has 0 bridgehead atoms. The molecule has 20 heavy (non-hydrogen) atoms. The molecule has 0 spiro atoms. The third-order valence-electron chi connectivity index (χ3n) is 2.65. The van der Waals surface area contributed by atoms with E-state index >= 15 is 0 Å². The van der Waals surface area contributed by atoms with Gasteiger partial charge in [-0.05, 0) is 18.2 Å². The van der Waals surface area contributed by atoms with Gasteiger partial charge in [-0.3, -0.25) is 4.79 Å². The van der Waals surface area contributed by atoms with E-state index in [2.05, 4.69) is 0 Å². The maximum absolute atomic E-state index is 11.8. The molecule has 1 aromatic rings. The minimum atomic E-state index is -0.678. The number of amides is 1. The molecule has 0 radical (unpaired) electrons. The number of methoxy groups -OCH3 is 1. The van der Waals surface area contributed by atoms with Gasteiger partial charge in [0, 0.05) is 25.7 Å². The third-order valence-corrected chi connectivity index (χ3v) is 2.89. The monoisotopic (exact) mass is 301 g/mol. The van der Waals surface area contributed by atoms with Crippen LogP contribution in [0, 0.1) is 0 Å². The van der Waals surface area contributed by atoms with E-state index in [0.29, 0.717) is 10.8 Å². The highest BCUT2D eigenvalue weighted by molar-refractivity contribution is 6.30. The molecule has 0 aromatic heterocycles. The van der Waals surface area contributed by atoms with Gasteiger partial charge < -0.3 is 19.5 Å². The van der Waals surface area contributed by atoms with Crippen LogP contribution in [-0.2, 0) is 9.53 Å². The SMILES string of the molecule is COCC(O)CN(C)C(=O)CCOc1cccc(Cl)c1. The Balaban J connectivity index is 2.28. The lowest BCUT2D eigenvalue weighted by Crippen LogP contribution is -2.36. The smallest absolute Gasteiger partial charge is 0.225 e. The van der Waals surface area contributed by atoms with Gasteiger partial charge in [-0.2, -0.15) is 0 Å². The second kappa shape index (κ2) is 8.79. The zero-order valence-corrected chi connectivity index (χ0v) is 12.5. The van der Waals surface area contributed by atoms with Crippen molar-refractivity contribution in [1.29, 1.82) is 0 Å². The molecule has 0 heterocycles. The fraction of sp³-hybridized carbons (Fsp3) is 0.500. The Bertz CT molecular complexity index is 427. The lowest BCUT2D eigenvalue weighted by molar-refractivity contribution is -0.132. The summed E-state index contributed by atoms with van der Waals surface area (Å²) in [5, 5.41) is 10.1. The summed E-state index contributed by atoms with van der Waals surface area (Å²) in [5.74, 6) is 0.537. The first-order valence-corrected chi connectivity index (χ1v) is 6.70. The zero-order valence-electron chi connectivity index (χ0n) is 11.7. The van der Waals surface area contributed by atoms with Gasteiger partial charge in [0.1, 0.15) is 5.75 Å². The molecule has 0 aliphatic carbocycles. The van der Waals surface area contributed by atoms with Crippen LogP contribution in [0.3, 0.4) is 0 Å². The minimum Gasteiger partial charge on any atom is -0.493 e. The van der Waals surface area contributed by atoms with E-state index in [1.807, 2.05) is 0 Å². The quantitative estimate of drug-likeness (QED) is 0.792. The average molecular weight is 302 g/mol. The van der Waals surface area contributed by atoms with Gasteiger partial charge >= 0.3 is 0 Å². The van der Waals surface area contributed by atoms with E-state index in [0.717, 1.165) is 0 Å². The molecule has 0 aliphatic heterocycles. The predicted octanol–water partition coefficient (Wildman–Crippen LogP) is 1.57. The van der Waals surface area contributed by atoms with Crippen LogP contribution >= 0.6 is 11.6 Å². The fourth-order valence-corrected chi connectivity index (χ4v) is 1.85. The number of rotatable bonds is 8. The second-order valence-electron chi connectivity index (χ2n) is 4.44. The molecule has 1 rings (SSSR count). The Morgan fingerprint density at radius 2 is 2.25 bits per heavy atom. The van der Waals surface area contributed by atoms with Crippen LogP contribution in [0.5, 0.6) is 5.75 Å². The first-order valence-electron chi connectivity index (χ1n) is 6.32.